The van der Waals surface area contributed by atoms with Crippen LogP contribution in [0.5, 0.6) is 0 Å². The first-order valence-corrected chi connectivity index (χ1v) is 5.43. The Morgan fingerprint density at radius 3 is 2.63 bits per heavy atom. The van der Waals surface area contributed by atoms with Gasteiger partial charge in [-0.05, 0) is 30.3 Å². The zero-order valence-electron chi connectivity index (χ0n) is 9.79. The second kappa shape index (κ2) is 5.47. The van der Waals surface area contributed by atoms with Gasteiger partial charge in [0, 0.05) is 11.9 Å². The third-order valence-electron chi connectivity index (χ3n) is 2.30. The molecular formula is C12H11F2N3O2. The van der Waals surface area contributed by atoms with Crippen LogP contribution in [0.3, 0.4) is 0 Å². The van der Waals surface area contributed by atoms with E-state index in [9.17, 15) is 13.6 Å². The highest BCUT2D eigenvalue weighted by atomic mass is 19.3. The Morgan fingerprint density at radius 2 is 2.00 bits per heavy atom. The van der Waals surface area contributed by atoms with Gasteiger partial charge in [0.2, 0.25) is 0 Å². The van der Waals surface area contributed by atoms with Gasteiger partial charge in [-0.1, -0.05) is 0 Å². The monoisotopic (exact) mass is 267 g/mol. The summed E-state index contributed by atoms with van der Waals surface area (Å²) in [7, 11) is 0. The smallest absolute Gasteiger partial charge is 0.359 e. The normalized spacial score (nSPS) is 10.7. The molecule has 0 unspecified atom stereocenters. The number of hydrogen-bond acceptors (Lipinski definition) is 4. The number of aromatic nitrogens is 2. The first-order chi connectivity index (χ1) is 9.06. The van der Waals surface area contributed by atoms with Gasteiger partial charge in [0.25, 0.3) is 6.43 Å². The average molecular weight is 267 g/mol. The molecule has 0 saturated carbocycles. The summed E-state index contributed by atoms with van der Waals surface area (Å²) >= 11 is 0. The molecule has 1 aromatic heterocycles. The van der Waals surface area contributed by atoms with Gasteiger partial charge < -0.3 is 10.5 Å². The molecular weight excluding hydrogens is 256 g/mol. The molecule has 0 aliphatic heterocycles. The van der Waals surface area contributed by atoms with Crippen LogP contribution in [-0.4, -0.2) is 28.8 Å². The summed E-state index contributed by atoms with van der Waals surface area (Å²) < 4.78 is 29.6. The number of halogens is 2. The minimum absolute atomic E-state index is 0.0301. The maximum absolute atomic E-state index is 11.9. The number of nitrogens with zero attached hydrogens (tertiary/aromatic N) is 2. The summed E-state index contributed by atoms with van der Waals surface area (Å²) in [5.41, 5.74) is 6.82. The van der Waals surface area contributed by atoms with Crippen LogP contribution in [0, 0.1) is 0 Å². The van der Waals surface area contributed by atoms with Crippen molar-refractivity contribution in [1.82, 2.24) is 9.78 Å². The number of esters is 1. The minimum atomic E-state index is -2.69. The number of alkyl halides is 2. The number of carbonyl (C=O) groups excluding carboxylic acids is 1. The van der Waals surface area contributed by atoms with E-state index in [0.29, 0.717) is 11.4 Å². The molecule has 7 heteroatoms. The van der Waals surface area contributed by atoms with Crippen LogP contribution in [-0.2, 0) is 4.74 Å². The molecule has 0 amide bonds. The van der Waals surface area contributed by atoms with Crippen molar-refractivity contribution in [2.45, 2.75) is 6.43 Å². The third-order valence-corrected chi connectivity index (χ3v) is 2.30. The molecule has 2 N–H and O–H groups in total. The number of anilines is 1. The van der Waals surface area contributed by atoms with Crippen LogP contribution in [0.25, 0.3) is 5.69 Å². The van der Waals surface area contributed by atoms with Crippen LogP contribution in [0.4, 0.5) is 14.5 Å². The van der Waals surface area contributed by atoms with Gasteiger partial charge in [-0.2, -0.15) is 5.10 Å². The van der Waals surface area contributed by atoms with Gasteiger partial charge in [-0.25, -0.2) is 18.3 Å². The van der Waals surface area contributed by atoms with Crippen molar-refractivity contribution < 1.29 is 18.3 Å². The molecule has 1 aromatic carbocycles. The number of nitrogen functional groups attached to an aromatic ring is 1. The summed E-state index contributed by atoms with van der Waals surface area (Å²) in [6, 6.07) is 8.20. The Labute approximate surface area is 107 Å². The van der Waals surface area contributed by atoms with E-state index in [4.69, 9.17) is 5.73 Å². The Kier molecular flexibility index (Phi) is 3.74. The van der Waals surface area contributed by atoms with Crippen molar-refractivity contribution in [3.8, 4) is 5.69 Å². The van der Waals surface area contributed by atoms with E-state index in [1.54, 1.807) is 24.3 Å². The Hall–Kier alpha value is -2.44. The predicted molar refractivity (Wildman–Crippen MR) is 64.3 cm³/mol. The zero-order chi connectivity index (χ0) is 13.8. The zero-order valence-corrected chi connectivity index (χ0v) is 9.79. The number of ether oxygens (including phenoxy) is 1. The molecule has 0 atom stereocenters. The van der Waals surface area contributed by atoms with E-state index in [1.165, 1.54) is 16.9 Å². The van der Waals surface area contributed by atoms with Crippen molar-refractivity contribution in [2.75, 3.05) is 12.3 Å². The van der Waals surface area contributed by atoms with Crippen molar-refractivity contribution in [3.63, 3.8) is 0 Å². The van der Waals surface area contributed by atoms with Gasteiger partial charge in [0.05, 0.1) is 5.69 Å². The number of benzene rings is 1. The van der Waals surface area contributed by atoms with Gasteiger partial charge >= 0.3 is 5.97 Å². The van der Waals surface area contributed by atoms with Crippen molar-refractivity contribution in [1.29, 1.82) is 0 Å². The standard InChI is InChI=1S/C12H11F2N3O2/c13-11(14)7-19-12(18)10-5-6-17(16-10)9-3-1-8(15)2-4-9/h1-6,11H,7,15H2. The van der Waals surface area contributed by atoms with Crippen LogP contribution in [0.15, 0.2) is 36.5 Å². The number of carbonyl (C=O) groups is 1. The number of nitrogens with two attached hydrogens (primary N) is 1. The molecule has 0 aliphatic carbocycles. The number of hydrogen-bond donors (Lipinski definition) is 1. The quantitative estimate of drug-likeness (QED) is 0.678. The molecule has 100 valence electrons. The second-order valence-corrected chi connectivity index (χ2v) is 3.73. The van der Waals surface area contributed by atoms with Crippen LogP contribution >= 0.6 is 0 Å². The Balaban J connectivity index is 2.10. The fourth-order valence-electron chi connectivity index (χ4n) is 1.42. The first kappa shape index (κ1) is 13.0. The summed E-state index contributed by atoms with van der Waals surface area (Å²) in [6.45, 7) is -0.937. The van der Waals surface area contributed by atoms with Crippen LogP contribution < -0.4 is 5.73 Å². The third kappa shape index (κ3) is 3.27. The summed E-state index contributed by atoms with van der Waals surface area (Å²) in [4.78, 5) is 11.4. The fourth-order valence-corrected chi connectivity index (χ4v) is 1.42. The lowest BCUT2D eigenvalue weighted by Gasteiger charge is -2.02. The topological polar surface area (TPSA) is 70.1 Å². The lowest BCUT2D eigenvalue weighted by Crippen LogP contribution is -2.12. The van der Waals surface area contributed by atoms with Gasteiger partial charge in [-0.3, -0.25) is 0 Å². The van der Waals surface area contributed by atoms with Crippen LogP contribution in [0.2, 0.25) is 0 Å². The van der Waals surface area contributed by atoms with E-state index in [2.05, 4.69) is 9.84 Å². The van der Waals surface area contributed by atoms with E-state index >= 15 is 0 Å². The van der Waals surface area contributed by atoms with E-state index in [-0.39, 0.29) is 5.69 Å². The molecule has 0 spiro atoms. The van der Waals surface area contributed by atoms with Crippen molar-refractivity contribution >= 4 is 11.7 Å². The number of rotatable bonds is 4. The largest absolute Gasteiger partial charge is 0.455 e. The molecule has 19 heavy (non-hydrogen) atoms. The fraction of sp³-hybridized carbons (Fsp3) is 0.167. The molecule has 0 bridgehead atoms. The Bertz CT molecular complexity index is 567. The molecule has 1 heterocycles. The molecule has 2 rings (SSSR count). The summed E-state index contributed by atoms with van der Waals surface area (Å²) in [6.07, 6.45) is -1.16. The highest BCUT2D eigenvalue weighted by Crippen LogP contribution is 2.11. The highest BCUT2D eigenvalue weighted by molar-refractivity contribution is 5.87. The van der Waals surface area contributed by atoms with Crippen molar-refractivity contribution in [2.24, 2.45) is 0 Å². The molecule has 0 radical (unpaired) electrons. The minimum Gasteiger partial charge on any atom is -0.455 e. The van der Waals surface area contributed by atoms with Crippen molar-refractivity contribution in [3.05, 3.63) is 42.2 Å². The predicted octanol–water partition coefficient (Wildman–Crippen LogP) is 1.88. The summed E-state index contributed by atoms with van der Waals surface area (Å²) in [5, 5.41) is 3.94. The molecule has 2 aromatic rings. The average Bonchev–Trinajstić information content (AvgIpc) is 2.86. The van der Waals surface area contributed by atoms with E-state index < -0.39 is 19.0 Å². The van der Waals surface area contributed by atoms with Gasteiger partial charge in [0.1, 0.15) is 0 Å². The molecule has 0 fully saturated rings. The van der Waals surface area contributed by atoms with Gasteiger partial charge in [-0.15, -0.1) is 0 Å². The summed E-state index contributed by atoms with van der Waals surface area (Å²) in [5.74, 6) is -0.880. The first-order valence-electron chi connectivity index (χ1n) is 5.43. The van der Waals surface area contributed by atoms with Crippen LogP contribution in [0.1, 0.15) is 10.5 Å². The Morgan fingerprint density at radius 1 is 1.32 bits per heavy atom. The maximum atomic E-state index is 11.9. The van der Waals surface area contributed by atoms with E-state index in [0.717, 1.165) is 0 Å². The lowest BCUT2D eigenvalue weighted by atomic mass is 10.3. The molecule has 0 aliphatic rings. The SMILES string of the molecule is Nc1ccc(-n2ccc(C(=O)OCC(F)F)n2)cc1. The second-order valence-electron chi connectivity index (χ2n) is 3.73. The molecule has 5 nitrogen and oxygen atoms in total. The van der Waals surface area contributed by atoms with Gasteiger partial charge in [0.15, 0.2) is 12.3 Å². The maximum Gasteiger partial charge on any atom is 0.359 e. The molecule has 0 saturated heterocycles. The highest BCUT2D eigenvalue weighted by Gasteiger charge is 2.14. The van der Waals surface area contributed by atoms with E-state index in [1.807, 2.05) is 0 Å². The lowest BCUT2D eigenvalue weighted by molar-refractivity contribution is 0.0154.